The SMILES string of the molecule is Cc1ccc(C(C)Nc2ccnc(C#N)c2)cc1. The topological polar surface area (TPSA) is 48.7 Å². The molecule has 0 spiro atoms. The number of rotatable bonds is 3. The Morgan fingerprint density at radius 3 is 2.61 bits per heavy atom. The summed E-state index contributed by atoms with van der Waals surface area (Å²) in [5.41, 5.74) is 3.81. The second-order valence-electron chi connectivity index (χ2n) is 4.32. The Morgan fingerprint density at radius 2 is 1.94 bits per heavy atom. The number of nitriles is 1. The van der Waals surface area contributed by atoms with Crippen LogP contribution in [0.25, 0.3) is 0 Å². The lowest BCUT2D eigenvalue weighted by atomic mass is 10.1. The van der Waals surface area contributed by atoms with Crippen LogP contribution < -0.4 is 5.32 Å². The first-order valence-electron chi connectivity index (χ1n) is 5.88. The van der Waals surface area contributed by atoms with E-state index in [1.54, 1.807) is 12.3 Å². The first kappa shape index (κ1) is 12.1. The molecule has 1 atom stereocenters. The third kappa shape index (κ3) is 2.86. The smallest absolute Gasteiger partial charge is 0.142 e. The number of aromatic nitrogens is 1. The summed E-state index contributed by atoms with van der Waals surface area (Å²) >= 11 is 0. The van der Waals surface area contributed by atoms with Crippen molar-refractivity contribution in [2.24, 2.45) is 0 Å². The standard InChI is InChI=1S/C15H15N3/c1-11-3-5-13(6-4-11)12(2)18-14-7-8-17-15(9-14)10-16/h3-9,12H,1-2H3,(H,17,18). The number of pyridine rings is 1. The molecule has 0 aliphatic heterocycles. The van der Waals surface area contributed by atoms with E-state index in [1.165, 1.54) is 11.1 Å². The minimum atomic E-state index is 0.194. The lowest BCUT2D eigenvalue weighted by Gasteiger charge is -2.15. The van der Waals surface area contributed by atoms with Gasteiger partial charge in [0, 0.05) is 17.9 Å². The molecule has 1 aromatic carbocycles. The Bertz CT molecular complexity index is 567. The van der Waals surface area contributed by atoms with Crippen molar-refractivity contribution in [3.05, 3.63) is 59.4 Å². The van der Waals surface area contributed by atoms with Crippen LogP contribution >= 0.6 is 0 Å². The van der Waals surface area contributed by atoms with E-state index in [9.17, 15) is 0 Å². The van der Waals surface area contributed by atoms with Gasteiger partial charge < -0.3 is 5.32 Å². The van der Waals surface area contributed by atoms with Gasteiger partial charge in [-0.05, 0) is 31.5 Å². The molecule has 3 nitrogen and oxygen atoms in total. The molecule has 0 saturated heterocycles. The molecule has 0 radical (unpaired) electrons. The van der Waals surface area contributed by atoms with E-state index in [0.29, 0.717) is 5.69 Å². The zero-order valence-corrected chi connectivity index (χ0v) is 10.5. The molecule has 90 valence electrons. The van der Waals surface area contributed by atoms with Gasteiger partial charge in [-0.15, -0.1) is 0 Å². The fraction of sp³-hybridized carbons (Fsp3) is 0.200. The van der Waals surface area contributed by atoms with E-state index < -0.39 is 0 Å². The number of anilines is 1. The van der Waals surface area contributed by atoms with Crippen LogP contribution in [0.4, 0.5) is 5.69 Å². The summed E-state index contributed by atoms with van der Waals surface area (Å²) in [7, 11) is 0. The number of nitrogens with one attached hydrogen (secondary N) is 1. The Kier molecular flexibility index (Phi) is 3.59. The first-order chi connectivity index (χ1) is 8.69. The minimum Gasteiger partial charge on any atom is -0.378 e. The largest absolute Gasteiger partial charge is 0.378 e. The molecule has 0 aliphatic carbocycles. The first-order valence-corrected chi connectivity index (χ1v) is 5.88. The zero-order chi connectivity index (χ0) is 13.0. The summed E-state index contributed by atoms with van der Waals surface area (Å²) in [5, 5.41) is 12.2. The summed E-state index contributed by atoms with van der Waals surface area (Å²) in [6, 6.07) is 14.3. The van der Waals surface area contributed by atoms with Gasteiger partial charge in [-0.25, -0.2) is 4.98 Å². The van der Waals surface area contributed by atoms with Gasteiger partial charge >= 0.3 is 0 Å². The van der Waals surface area contributed by atoms with Crippen molar-refractivity contribution in [2.75, 3.05) is 5.32 Å². The van der Waals surface area contributed by atoms with Gasteiger partial charge in [0.1, 0.15) is 11.8 Å². The monoisotopic (exact) mass is 237 g/mol. The van der Waals surface area contributed by atoms with Crippen LogP contribution in [-0.2, 0) is 0 Å². The van der Waals surface area contributed by atoms with Gasteiger partial charge in [0.25, 0.3) is 0 Å². The summed E-state index contributed by atoms with van der Waals surface area (Å²) in [6.45, 7) is 4.17. The van der Waals surface area contributed by atoms with E-state index >= 15 is 0 Å². The minimum absolute atomic E-state index is 0.194. The van der Waals surface area contributed by atoms with Crippen LogP contribution in [0.15, 0.2) is 42.6 Å². The Balaban J connectivity index is 2.13. The van der Waals surface area contributed by atoms with Crippen LogP contribution in [0.1, 0.15) is 29.8 Å². The quantitative estimate of drug-likeness (QED) is 0.889. The molecule has 1 unspecified atom stereocenters. The zero-order valence-electron chi connectivity index (χ0n) is 10.5. The van der Waals surface area contributed by atoms with Crippen LogP contribution in [-0.4, -0.2) is 4.98 Å². The molecule has 1 N–H and O–H groups in total. The number of aryl methyl sites for hydroxylation is 1. The van der Waals surface area contributed by atoms with Crippen LogP contribution in [0.5, 0.6) is 0 Å². The molecule has 2 rings (SSSR count). The summed E-state index contributed by atoms with van der Waals surface area (Å²) < 4.78 is 0. The molecule has 1 aromatic heterocycles. The maximum absolute atomic E-state index is 8.80. The van der Waals surface area contributed by atoms with Crippen molar-refractivity contribution in [1.82, 2.24) is 4.98 Å². The molecule has 0 fully saturated rings. The number of nitrogens with zero attached hydrogens (tertiary/aromatic N) is 2. The summed E-state index contributed by atoms with van der Waals surface area (Å²) in [6.07, 6.45) is 1.64. The lowest BCUT2D eigenvalue weighted by Crippen LogP contribution is -2.06. The molecule has 1 heterocycles. The number of hydrogen-bond donors (Lipinski definition) is 1. The van der Waals surface area contributed by atoms with Crippen molar-refractivity contribution in [3.8, 4) is 6.07 Å². The van der Waals surface area contributed by atoms with E-state index in [4.69, 9.17) is 5.26 Å². The third-order valence-electron chi connectivity index (χ3n) is 2.84. The van der Waals surface area contributed by atoms with Crippen LogP contribution in [0.3, 0.4) is 0 Å². The molecule has 0 saturated carbocycles. The van der Waals surface area contributed by atoms with Crippen molar-refractivity contribution in [3.63, 3.8) is 0 Å². The van der Waals surface area contributed by atoms with Crippen molar-refractivity contribution in [1.29, 1.82) is 5.26 Å². The molecule has 0 aliphatic rings. The van der Waals surface area contributed by atoms with E-state index in [1.807, 2.05) is 12.1 Å². The highest BCUT2D eigenvalue weighted by molar-refractivity contribution is 5.47. The molecule has 0 amide bonds. The Hall–Kier alpha value is -2.34. The summed E-state index contributed by atoms with van der Waals surface area (Å²) in [5.74, 6) is 0. The van der Waals surface area contributed by atoms with Crippen molar-refractivity contribution in [2.45, 2.75) is 19.9 Å². The highest BCUT2D eigenvalue weighted by Crippen LogP contribution is 2.19. The van der Waals surface area contributed by atoms with Crippen molar-refractivity contribution >= 4 is 5.69 Å². The third-order valence-corrected chi connectivity index (χ3v) is 2.84. The van der Waals surface area contributed by atoms with E-state index in [0.717, 1.165) is 5.69 Å². The Morgan fingerprint density at radius 1 is 1.22 bits per heavy atom. The predicted octanol–water partition coefficient (Wildman–Crippen LogP) is 3.43. The van der Waals surface area contributed by atoms with Gasteiger partial charge in [-0.2, -0.15) is 5.26 Å². The van der Waals surface area contributed by atoms with E-state index in [2.05, 4.69) is 48.4 Å². The predicted molar refractivity (Wildman–Crippen MR) is 72.2 cm³/mol. The molecule has 2 aromatic rings. The van der Waals surface area contributed by atoms with Gasteiger partial charge in [0.15, 0.2) is 0 Å². The maximum Gasteiger partial charge on any atom is 0.142 e. The highest BCUT2D eigenvalue weighted by Gasteiger charge is 2.05. The fourth-order valence-electron chi connectivity index (χ4n) is 1.77. The van der Waals surface area contributed by atoms with Crippen LogP contribution in [0, 0.1) is 18.3 Å². The van der Waals surface area contributed by atoms with Gasteiger partial charge in [0.05, 0.1) is 0 Å². The highest BCUT2D eigenvalue weighted by atomic mass is 14.9. The fourth-order valence-corrected chi connectivity index (χ4v) is 1.77. The second kappa shape index (κ2) is 5.33. The summed E-state index contributed by atoms with van der Waals surface area (Å²) in [4.78, 5) is 3.95. The molecule has 0 bridgehead atoms. The van der Waals surface area contributed by atoms with Crippen molar-refractivity contribution < 1.29 is 0 Å². The average molecular weight is 237 g/mol. The number of benzene rings is 1. The normalized spacial score (nSPS) is 11.6. The number of hydrogen-bond acceptors (Lipinski definition) is 3. The maximum atomic E-state index is 8.80. The molecular weight excluding hydrogens is 222 g/mol. The molecule has 3 heteroatoms. The van der Waals surface area contributed by atoms with E-state index in [-0.39, 0.29) is 6.04 Å². The Labute approximate surface area is 107 Å². The van der Waals surface area contributed by atoms with Gasteiger partial charge in [0.2, 0.25) is 0 Å². The molecule has 18 heavy (non-hydrogen) atoms. The molecular formula is C15H15N3. The second-order valence-corrected chi connectivity index (χ2v) is 4.32. The average Bonchev–Trinajstić information content (AvgIpc) is 2.39. The van der Waals surface area contributed by atoms with Gasteiger partial charge in [-0.3, -0.25) is 0 Å². The van der Waals surface area contributed by atoms with Gasteiger partial charge in [-0.1, -0.05) is 29.8 Å². The lowest BCUT2D eigenvalue weighted by molar-refractivity contribution is 0.883. The van der Waals surface area contributed by atoms with Crippen LogP contribution in [0.2, 0.25) is 0 Å².